The topological polar surface area (TPSA) is 80.5 Å². The lowest BCUT2D eigenvalue weighted by molar-refractivity contribution is -0.387. The summed E-state index contributed by atoms with van der Waals surface area (Å²) in [6.07, 6.45) is 0. The second-order valence-electron chi connectivity index (χ2n) is 5.16. The molecule has 0 aliphatic carbocycles. The third-order valence-electron chi connectivity index (χ3n) is 3.50. The van der Waals surface area contributed by atoms with E-state index in [1.165, 1.54) is 51.2 Å². The van der Waals surface area contributed by atoms with Gasteiger partial charge in [0.25, 0.3) is 15.7 Å². The van der Waals surface area contributed by atoms with Crippen LogP contribution in [0.3, 0.4) is 0 Å². The lowest BCUT2D eigenvalue weighted by atomic mass is 10.3. The number of para-hydroxylation sites is 1. The van der Waals surface area contributed by atoms with Gasteiger partial charge in [0.1, 0.15) is 0 Å². The van der Waals surface area contributed by atoms with Gasteiger partial charge in [0.2, 0.25) is 0 Å². The van der Waals surface area contributed by atoms with Crippen LogP contribution in [0.15, 0.2) is 64.2 Å². The first kappa shape index (κ1) is 17.7. The zero-order valence-corrected chi connectivity index (χ0v) is 15.4. The summed E-state index contributed by atoms with van der Waals surface area (Å²) in [5.74, 6) is 0. The van der Waals surface area contributed by atoms with E-state index in [4.69, 9.17) is 0 Å². The molecule has 3 rings (SSSR count). The molecule has 0 aliphatic rings. The maximum Gasteiger partial charge on any atom is 0.289 e. The Labute approximate surface area is 153 Å². The number of rotatable bonds is 7. The van der Waals surface area contributed by atoms with Gasteiger partial charge in [-0.1, -0.05) is 24.3 Å². The van der Waals surface area contributed by atoms with E-state index in [1.807, 2.05) is 35.0 Å². The van der Waals surface area contributed by atoms with Gasteiger partial charge in [0.05, 0.1) is 4.92 Å². The van der Waals surface area contributed by atoms with Crippen LogP contribution >= 0.6 is 22.7 Å². The first-order valence-electron chi connectivity index (χ1n) is 7.27. The predicted molar refractivity (Wildman–Crippen MR) is 98.2 cm³/mol. The van der Waals surface area contributed by atoms with Crippen molar-refractivity contribution < 1.29 is 13.3 Å². The minimum atomic E-state index is -4.02. The number of sulfonamides is 1. The number of nitro groups is 1. The highest BCUT2D eigenvalue weighted by Gasteiger charge is 2.31. The zero-order chi connectivity index (χ0) is 17.9. The first-order valence-corrected chi connectivity index (χ1v) is 10.5. The monoisotopic (exact) mass is 394 g/mol. The molecule has 25 heavy (non-hydrogen) atoms. The van der Waals surface area contributed by atoms with Crippen LogP contribution in [0.25, 0.3) is 0 Å². The highest BCUT2D eigenvalue weighted by molar-refractivity contribution is 7.89. The van der Waals surface area contributed by atoms with Crippen LogP contribution in [-0.4, -0.2) is 17.6 Å². The molecule has 2 aromatic heterocycles. The predicted octanol–water partition coefficient (Wildman–Crippen LogP) is 4.11. The molecule has 0 bridgehead atoms. The summed E-state index contributed by atoms with van der Waals surface area (Å²) in [6.45, 7) is 0.341. The van der Waals surface area contributed by atoms with Gasteiger partial charge in [-0.3, -0.25) is 10.1 Å². The average Bonchev–Trinajstić information content (AvgIpc) is 3.28. The van der Waals surface area contributed by atoms with Crippen LogP contribution in [-0.2, 0) is 23.1 Å². The van der Waals surface area contributed by atoms with Crippen molar-refractivity contribution in [3.63, 3.8) is 0 Å². The number of nitrogens with zero attached hydrogens (tertiary/aromatic N) is 2. The first-order chi connectivity index (χ1) is 12.0. The standard InChI is InChI=1S/C16H14N2O4S3/c19-18(20)15-7-1-2-8-16(15)25(21,22)17(11-13-5-3-9-23-13)12-14-6-4-10-24-14/h1-10H,11-12H2. The van der Waals surface area contributed by atoms with Crippen LogP contribution in [0.2, 0.25) is 0 Å². The lowest BCUT2D eigenvalue weighted by Gasteiger charge is -2.21. The Balaban J connectivity index is 2.03. The van der Waals surface area contributed by atoms with Gasteiger partial charge in [-0.2, -0.15) is 4.31 Å². The Bertz CT molecular complexity index is 915. The fourth-order valence-corrected chi connectivity index (χ4v) is 5.50. The van der Waals surface area contributed by atoms with Gasteiger partial charge in [-0.05, 0) is 29.0 Å². The van der Waals surface area contributed by atoms with E-state index in [0.717, 1.165) is 9.75 Å². The summed E-state index contributed by atoms with van der Waals surface area (Å²) >= 11 is 2.90. The Kier molecular flexibility index (Phi) is 5.28. The van der Waals surface area contributed by atoms with E-state index in [2.05, 4.69) is 0 Å². The minimum absolute atomic E-state index is 0.171. The number of nitro benzene ring substituents is 1. The number of benzene rings is 1. The highest BCUT2D eigenvalue weighted by Crippen LogP contribution is 2.29. The molecule has 0 N–H and O–H groups in total. The molecule has 130 valence electrons. The molecule has 0 aliphatic heterocycles. The molecule has 0 atom stereocenters. The molecule has 2 heterocycles. The molecule has 9 heteroatoms. The number of hydrogen-bond donors (Lipinski definition) is 0. The maximum absolute atomic E-state index is 13.1. The molecule has 0 saturated carbocycles. The van der Waals surface area contributed by atoms with Crippen LogP contribution < -0.4 is 0 Å². The molecular formula is C16H14N2O4S3. The number of thiophene rings is 2. The van der Waals surface area contributed by atoms with E-state index < -0.39 is 20.6 Å². The van der Waals surface area contributed by atoms with Crippen LogP contribution in [0, 0.1) is 10.1 Å². The molecule has 3 aromatic rings. The van der Waals surface area contributed by atoms with Gasteiger partial charge < -0.3 is 0 Å². The third kappa shape index (κ3) is 3.96. The number of hydrogen-bond acceptors (Lipinski definition) is 6. The normalized spacial score (nSPS) is 11.7. The molecule has 0 spiro atoms. The van der Waals surface area contributed by atoms with Crippen molar-refractivity contribution >= 4 is 38.4 Å². The van der Waals surface area contributed by atoms with E-state index in [-0.39, 0.29) is 18.0 Å². The van der Waals surface area contributed by atoms with Crippen LogP contribution in [0.1, 0.15) is 9.75 Å². The summed E-state index contributed by atoms with van der Waals surface area (Å²) in [7, 11) is -4.02. The van der Waals surface area contributed by atoms with Crippen molar-refractivity contribution in [1.29, 1.82) is 0 Å². The molecule has 1 aromatic carbocycles. The molecule has 0 saturated heterocycles. The van der Waals surface area contributed by atoms with Crippen LogP contribution in [0.5, 0.6) is 0 Å². The second-order valence-corrected chi connectivity index (χ2v) is 9.13. The van der Waals surface area contributed by atoms with Gasteiger partial charge in [0.15, 0.2) is 4.90 Å². The van der Waals surface area contributed by atoms with Crippen molar-refractivity contribution in [2.75, 3.05) is 0 Å². The van der Waals surface area contributed by atoms with Gasteiger partial charge in [-0.25, -0.2) is 8.42 Å². The van der Waals surface area contributed by atoms with E-state index >= 15 is 0 Å². The molecule has 0 amide bonds. The fourth-order valence-electron chi connectivity index (χ4n) is 2.34. The Hall–Kier alpha value is -2.07. The maximum atomic E-state index is 13.1. The summed E-state index contributed by atoms with van der Waals surface area (Å²) in [5.41, 5.74) is -0.412. The Morgan fingerprint density at radius 1 is 0.920 bits per heavy atom. The van der Waals surface area contributed by atoms with Crippen molar-refractivity contribution in [1.82, 2.24) is 4.31 Å². The van der Waals surface area contributed by atoms with Gasteiger partial charge in [0, 0.05) is 28.9 Å². The largest absolute Gasteiger partial charge is 0.289 e. The van der Waals surface area contributed by atoms with Gasteiger partial charge >= 0.3 is 0 Å². The van der Waals surface area contributed by atoms with Crippen molar-refractivity contribution in [2.45, 2.75) is 18.0 Å². The Morgan fingerprint density at radius 2 is 1.48 bits per heavy atom. The lowest BCUT2D eigenvalue weighted by Crippen LogP contribution is -2.30. The van der Waals surface area contributed by atoms with E-state index in [9.17, 15) is 18.5 Å². The highest BCUT2D eigenvalue weighted by atomic mass is 32.2. The molecule has 0 unspecified atom stereocenters. The SMILES string of the molecule is O=[N+]([O-])c1ccccc1S(=O)(=O)N(Cc1cccs1)Cc1cccs1. The molecule has 0 radical (unpaired) electrons. The Morgan fingerprint density at radius 3 is 1.96 bits per heavy atom. The molecular weight excluding hydrogens is 380 g/mol. The zero-order valence-electron chi connectivity index (χ0n) is 12.9. The minimum Gasteiger partial charge on any atom is -0.258 e. The van der Waals surface area contributed by atoms with E-state index in [1.54, 1.807) is 0 Å². The van der Waals surface area contributed by atoms with Crippen molar-refractivity contribution in [2.24, 2.45) is 0 Å². The van der Waals surface area contributed by atoms with Crippen molar-refractivity contribution in [3.05, 3.63) is 79.2 Å². The van der Waals surface area contributed by atoms with Crippen molar-refractivity contribution in [3.8, 4) is 0 Å². The third-order valence-corrected chi connectivity index (χ3v) is 7.07. The smallest absolute Gasteiger partial charge is 0.258 e. The summed E-state index contributed by atoms with van der Waals surface area (Å²) in [6, 6.07) is 12.8. The molecule has 6 nitrogen and oxygen atoms in total. The van der Waals surface area contributed by atoms with Crippen LogP contribution in [0.4, 0.5) is 5.69 Å². The average molecular weight is 394 g/mol. The summed E-state index contributed by atoms with van der Waals surface area (Å²) in [5, 5.41) is 15.0. The molecule has 0 fully saturated rings. The summed E-state index contributed by atoms with van der Waals surface area (Å²) in [4.78, 5) is 12.0. The van der Waals surface area contributed by atoms with E-state index in [0.29, 0.717) is 0 Å². The fraction of sp³-hybridized carbons (Fsp3) is 0.125. The second kappa shape index (κ2) is 7.44. The van der Waals surface area contributed by atoms with Gasteiger partial charge in [-0.15, -0.1) is 22.7 Å². The quantitative estimate of drug-likeness (QED) is 0.446. The summed E-state index contributed by atoms with van der Waals surface area (Å²) < 4.78 is 27.6.